The number of aliphatic imine (C=N–C) groups is 1. The molecule has 5 heterocycles. The Kier molecular flexibility index (Phi) is 7.85. The third-order valence-corrected chi connectivity index (χ3v) is 8.05. The number of nitrogens with zero attached hydrogens (tertiary/aromatic N) is 7. The molecule has 1 saturated heterocycles. The predicted molar refractivity (Wildman–Crippen MR) is 161 cm³/mol. The molecule has 13 heteroatoms. The number of halogens is 2. The van der Waals surface area contributed by atoms with E-state index in [1.165, 1.54) is 49.5 Å². The van der Waals surface area contributed by atoms with Gasteiger partial charge in [0.2, 0.25) is 0 Å². The number of likely N-dealkylation sites (tertiary alicyclic amines) is 1. The summed E-state index contributed by atoms with van der Waals surface area (Å²) in [5, 5.41) is 8.72. The molecule has 42 heavy (non-hydrogen) atoms. The molecule has 0 saturated carbocycles. The summed E-state index contributed by atoms with van der Waals surface area (Å²) in [6, 6.07) is 4.61. The normalized spacial score (nSPS) is 17.0. The maximum atomic E-state index is 14.1. The maximum absolute atomic E-state index is 14.1. The lowest BCUT2D eigenvalue weighted by Crippen LogP contribution is -2.29. The van der Waals surface area contributed by atoms with Crippen molar-refractivity contribution < 1.29 is 8.78 Å². The molecule has 6 rings (SSSR count). The molecule has 3 aromatic heterocycles. The predicted octanol–water partition coefficient (Wildman–Crippen LogP) is 5.38. The highest BCUT2D eigenvalue weighted by atomic mass is 32.1. The van der Waals surface area contributed by atoms with Gasteiger partial charge in [-0.25, -0.2) is 18.8 Å². The van der Waals surface area contributed by atoms with Crippen LogP contribution in [0.15, 0.2) is 66.0 Å². The Balaban J connectivity index is 1.15. The number of hydrogen-bond donors (Lipinski definition) is 3. The third-order valence-electron chi connectivity index (χ3n) is 7.31. The van der Waals surface area contributed by atoms with Gasteiger partial charge in [0.1, 0.15) is 16.3 Å². The van der Waals surface area contributed by atoms with E-state index in [2.05, 4.69) is 47.3 Å². The Morgan fingerprint density at radius 2 is 2.00 bits per heavy atom. The van der Waals surface area contributed by atoms with E-state index in [0.29, 0.717) is 28.6 Å². The Hall–Kier alpha value is -4.36. The van der Waals surface area contributed by atoms with Gasteiger partial charge < -0.3 is 20.9 Å². The highest BCUT2D eigenvalue weighted by molar-refractivity contribution is 7.10. The molecule has 218 valence electrons. The van der Waals surface area contributed by atoms with Crippen LogP contribution in [0.2, 0.25) is 0 Å². The molecule has 0 atom stereocenters. The highest BCUT2D eigenvalue weighted by Gasteiger charge is 2.23. The zero-order valence-electron chi connectivity index (χ0n) is 23.3. The van der Waals surface area contributed by atoms with Gasteiger partial charge >= 0.3 is 0 Å². The number of hydrogen-bond acceptors (Lipinski definition) is 9. The molecule has 0 aliphatic carbocycles. The van der Waals surface area contributed by atoms with Gasteiger partial charge in [-0.2, -0.15) is 9.47 Å². The molecule has 4 N–H and O–H groups in total. The number of anilines is 1. The fourth-order valence-electron chi connectivity index (χ4n) is 5.24. The molecule has 2 aliphatic rings. The van der Waals surface area contributed by atoms with E-state index in [1.807, 2.05) is 18.0 Å². The van der Waals surface area contributed by atoms with Crippen LogP contribution in [-0.2, 0) is 13.1 Å². The second-order valence-electron chi connectivity index (χ2n) is 10.5. The molecule has 0 spiro atoms. The van der Waals surface area contributed by atoms with Crippen molar-refractivity contribution >= 4 is 39.1 Å². The fraction of sp³-hybridized carbons (Fsp3) is 0.310. The van der Waals surface area contributed by atoms with E-state index in [0.717, 1.165) is 47.7 Å². The SMILES string of the molecule is C=C1C(Nc2cc(CN3CCCCCC3)ns2)=NC(C)=CN1/C(=C\N)c1cnn(Cc2nc3c(F)c(F)ccc3[nH]2)c1. The molecule has 0 bridgehead atoms. The molecule has 10 nitrogen and oxygen atoms in total. The number of amidine groups is 1. The average molecular weight is 591 g/mol. The van der Waals surface area contributed by atoms with E-state index in [9.17, 15) is 8.78 Å². The number of imidazole rings is 1. The lowest BCUT2D eigenvalue weighted by molar-refractivity contribution is 0.274. The first kappa shape index (κ1) is 27.8. The van der Waals surface area contributed by atoms with Crippen LogP contribution >= 0.6 is 11.5 Å². The minimum absolute atomic E-state index is 0.0422. The van der Waals surface area contributed by atoms with Crippen LogP contribution in [-0.4, -0.2) is 52.8 Å². The molecular weight excluding hydrogens is 558 g/mol. The summed E-state index contributed by atoms with van der Waals surface area (Å²) in [5.41, 5.74) is 10.3. The van der Waals surface area contributed by atoms with E-state index >= 15 is 0 Å². The number of allylic oxidation sites excluding steroid dienone is 1. The number of aromatic amines is 1. The van der Waals surface area contributed by atoms with Gasteiger partial charge in [-0.1, -0.05) is 19.4 Å². The van der Waals surface area contributed by atoms with Gasteiger partial charge in [0.05, 0.1) is 41.0 Å². The second-order valence-corrected chi connectivity index (χ2v) is 11.3. The zero-order chi connectivity index (χ0) is 29.2. The molecule has 0 radical (unpaired) electrons. The molecule has 2 aliphatic heterocycles. The van der Waals surface area contributed by atoms with Crippen LogP contribution in [0.3, 0.4) is 0 Å². The molecule has 4 aromatic rings. The molecule has 0 unspecified atom stereocenters. The van der Waals surface area contributed by atoms with Crippen LogP contribution in [0.1, 0.15) is 49.7 Å². The topological polar surface area (TPSA) is 116 Å². The summed E-state index contributed by atoms with van der Waals surface area (Å²) in [5.74, 6) is -0.874. The standard InChI is InChI=1S/C29H32F2N10S/c1-18-14-41(19(2)29(34-18)37-26-11-21(38-42-26)16-39-9-5-3-4-6-10-39)24(12-32)20-13-33-40(15-20)17-25-35-23-8-7-22(30)27(31)28(23)36-25/h7-8,11-15H,2-6,9-10,16-17,32H2,1H3,(H,34,37)(H,35,36)/b24-12-. The first-order valence-corrected chi connectivity index (χ1v) is 14.6. The molecular formula is C29H32F2N10S. The van der Waals surface area contributed by atoms with Gasteiger partial charge in [-0.05, 0) is 62.6 Å². The molecule has 1 fully saturated rings. The van der Waals surface area contributed by atoms with E-state index in [1.54, 1.807) is 17.1 Å². The second kappa shape index (κ2) is 11.9. The van der Waals surface area contributed by atoms with Crippen molar-refractivity contribution in [3.8, 4) is 0 Å². The van der Waals surface area contributed by atoms with E-state index in [-0.39, 0.29) is 12.1 Å². The smallest absolute Gasteiger partial charge is 0.186 e. The largest absolute Gasteiger partial charge is 0.403 e. The number of aromatic nitrogens is 5. The van der Waals surface area contributed by atoms with Gasteiger partial charge in [-0.3, -0.25) is 9.58 Å². The van der Waals surface area contributed by atoms with Crippen LogP contribution in [0.4, 0.5) is 13.8 Å². The summed E-state index contributed by atoms with van der Waals surface area (Å²) in [6.07, 6.45) is 11.9. The Morgan fingerprint density at radius 1 is 1.19 bits per heavy atom. The summed E-state index contributed by atoms with van der Waals surface area (Å²) in [6.45, 7) is 9.49. The first-order chi connectivity index (χ1) is 20.4. The van der Waals surface area contributed by atoms with Crippen molar-refractivity contribution in [1.82, 2.24) is 33.9 Å². The van der Waals surface area contributed by atoms with Crippen molar-refractivity contribution in [2.45, 2.75) is 45.7 Å². The minimum atomic E-state index is -0.978. The zero-order valence-corrected chi connectivity index (χ0v) is 24.1. The van der Waals surface area contributed by atoms with Crippen LogP contribution in [0.5, 0.6) is 0 Å². The molecule has 1 aromatic carbocycles. The van der Waals surface area contributed by atoms with Crippen LogP contribution < -0.4 is 11.1 Å². The maximum Gasteiger partial charge on any atom is 0.186 e. The Bertz CT molecular complexity index is 1700. The number of benzene rings is 1. The van der Waals surface area contributed by atoms with Gasteiger partial charge in [0.25, 0.3) is 0 Å². The summed E-state index contributed by atoms with van der Waals surface area (Å²) < 4.78 is 34.0. The van der Waals surface area contributed by atoms with Crippen molar-refractivity contribution in [3.63, 3.8) is 0 Å². The highest BCUT2D eigenvalue weighted by Crippen LogP contribution is 2.29. The fourth-order valence-corrected chi connectivity index (χ4v) is 5.90. The Morgan fingerprint density at radius 3 is 2.79 bits per heavy atom. The third kappa shape index (κ3) is 5.83. The number of nitrogens with two attached hydrogens (primary N) is 1. The lowest BCUT2D eigenvalue weighted by atomic mass is 10.2. The number of nitrogens with one attached hydrogen (secondary N) is 2. The monoisotopic (exact) mass is 590 g/mol. The number of rotatable bonds is 7. The van der Waals surface area contributed by atoms with Crippen molar-refractivity contribution in [1.29, 1.82) is 0 Å². The van der Waals surface area contributed by atoms with Crippen LogP contribution in [0, 0.1) is 11.6 Å². The summed E-state index contributed by atoms with van der Waals surface area (Å²) in [7, 11) is 0. The molecule has 0 amide bonds. The van der Waals surface area contributed by atoms with Crippen molar-refractivity contribution in [2.75, 3.05) is 18.4 Å². The number of H-pyrrole nitrogens is 1. The van der Waals surface area contributed by atoms with Gasteiger partial charge in [-0.15, -0.1) is 0 Å². The Labute approximate surface area is 246 Å². The lowest BCUT2D eigenvalue weighted by Gasteiger charge is -2.29. The van der Waals surface area contributed by atoms with Crippen LogP contribution in [0.25, 0.3) is 16.7 Å². The van der Waals surface area contributed by atoms with Crippen molar-refractivity contribution in [3.05, 3.63) is 89.7 Å². The average Bonchev–Trinajstić information content (AvgIpc) is 3.67. The van der Waals surface area contributed by atoms with Gasteiger partial charge in [0.15, 0.2) is 17.5 Å². The number of fused-ring (bicyclic) bond motifs is 1. The van der Waals surface area contributed by atoms with Crippen molar-refractivity contribution in [2.24, 2.45) is 10.7 Å². The van der Waals surface area contributed by atoms with Gasteiger partial charge in [0, 0.05) is 30.7 Å². The minimum Gasteiger partial charge on any atom is -0.403 e. The van der Waals surface area contributed by atoms with E-state index in [4.69, 9.17) is 5.73 Å². The summed E-state index contributed by atoms with van der Waals surface area (Å²) >= 11 is 1.41. The summed E-state index contributed by atoms with van der Waals surface area (Å²) in [4.78, 5) is 16.2. The quantitative estimate of drug-likeness (QED) is 0.265. The van der Waals surface area contributed by atoms with E-state index < -0.39 is 11.6 Å². The first-order valence-electron chi connectivity index (χ1n) is 13.9.